The molecule has 0 aliphatic carbocycles. The number of aliphatic hydroxyl groups is 3. The zero-order valence-corrected chi connectivity index (χ0v) is 13.4. The topological polar surface area (TPSA) is 108 Å². The molecular formula is C16H23NO6. The lowest BCUT2D eigenvalue weighted by Crippen LogP contribution is -2.65. The number of rotatable bonds is 4. The molecule has 23 heavy (non-hydrogen) atoms. The highest BCUT2D eigenvalue weighted by Gasteiger charge is 2.46. The van der Waals surface area contributed by atoms with Crippen LogP contribution in [0.25, 0.3) is 0 Å². The van der Waals surface area contributed by atoms with Crippen molar-refractivity contribution in [2.45, 2.75) is 51.4 Å². The van der Waals surface area contributed by atoms with Crippen LogP contribution in [0.3, 0.4) is 0 Å². The summed E-state index contributed by atoms with van der Waals surface area (Å²) in [5, 5.41) is 32.0. The Bertz CT molecular complexity index is 564. The maximum absolute atomic E-state index is 11.4. The molecule has 7 nitrogen and oxygen atoms in total. The van der Waals surface area contributed by atoms with E-state index in [-0.39, 0.29) is 5.91 Å². The molecule has 0 unspecified atom stereocenters. The zero-order valence-electron chi connectivity index (χ0n) is 13.4. The summed E-state index contributed by atoms with van der Waals surface area (Å²) in [6, 6.07) is 4.61. The molecule has 1 heterocycles. The largest absolute Gasteiger partial charge is 0.462 e. The van der Waals surface area contributed by atoms with Crippen LogP contribution in [0.5, 0.6) is 5.75 Å². The lowest BCUT2D eigenvalue weighted by molar-refractivity contribution is -0.244. The molecule has 0 aromatic heterocycles. The van der Waals surface area contributed by atoms with Crippen LogP contribution in [0.4, 0.5) is 0 Å². The molecule has 128 valence electrons. The minimum absolute atomic E-state index is 0.387. The summed E-state index contributed by atoms with van der Waals surface area (Å²) in [7, 11) is 0. The molecule has 5 atom stereocenters. The van der Waals surface area contributed by atoms with Gasteiger partial charge in [-0.3, -0.25) is 4.79 Å². The monoisotopic (exact) mass is 325 g/mol. The highest BCUT2D eigenvalue weighted by atomic mass is 16.7. The minimum atomic E-state index is -1.32. The Morgan fingerprint density at radius 1 is 1.30 bits per heavy atom. The van der Waals surface area contributed by atoms with E-state index in [1.54, 1.807) is 6.07 Å². The fraction of sp³-hybridized carbons (Fsp3) is 0.562. The van der Waals surface area contributed by atoms with Gasteiger partial charge in [-0.15, -0.1) is 0 Å². The summed E-state index contributed by atoms with van der Waals surface area (Å²) >= 11 is 0. The second kappa shape index (κ2) is 7.27. The fourth-order valence-corrected chi connectivity index (χ4v) is 2.63. The maximum Gasteiger partial charge on any atom is 0.223 e. The van der Waals surface area contributed by atoms with E-state index in [1.165, 1.54) is 6.92 Å². The molecule has 1 saturated heterocycles. The van der Waals surface area contributed by atoms with Gasteiger partial charge in [0.25, 0.3) is 0 Å². The summed E-state index contributed by atoms with van der Waals surface area (Å²) in [5.41, 5.74) is 1.94. The van der Waals surface area contributed by atoms with Crippen LogP contribution in [0.2, 0.25) is 0 Å². The van der Waals surface area contributed by atoms with Crippen molar-refractivity contribution >= 4 is 5.91 Å². The van der Waals surface area contributed by atoms with Crippen LogP contribution in [0, 0.1) is 13.8 Å². The predicted octanol–water partition coefficient (Wildman–Crippen LogP) is -0.374. The third-order valence-electron chi connectivity index (χ3n) is 3.82. The minimum Gasteiger partial charge on any atom is -0.462 e. The molecule has 0 bridgehead atoms. The van der Waals surface area contributed by atoms with Crippen LogP contribution in [0.1, 0.15) is 18.1 Å². The number of hydrogen-bond donors (Lipinski definition) is 4. The molecule has 4 N–H and O–H groups in total. The maximum atomic E-state index is 11.4. The Morgan fingerprint density at radius 3 is 2.57 bits per heavy atom. The van der Waals surface area contributed by atoms with E-state index < -0.39 is 37.3 Å². The Morgan fingerprint density at radius 2 is 2.00 bits per heavy atom. The van der Waals surface area contributed by atoms with Gasteiger partial charge in [0.1, 0.15) is 30.1 Å². The van der Waals surface area contributed by atoms with Gasteiger partial charge in [0.05, 0.1) is 6.61 Å². The first-order chi connectivity index (χ1) is 10.8. The second-order valence-corrected chi connectivity index (χ2v) is 5.82. The number of aryl methyl sites for hydroxylation is 2. The average molecular weight is 325 g/mol. The van der Waals surface area contributed by atoms with E-state index in [9.17, 15) is 20.1 Å². The molecule has 1 fully saturated rings. The SMILES string of the molecule is CC(=O)N[C@H]1[C@H](Oc2ccc(C)cc2C)O[C@H](CO)[C@@H](O)[C@@H]1O. The third-order valence-corrected chi connectivity index (χ3v) is 3.82. The van der Waals surface area contributed by atoms with Gasteiger partial charge in [-0.2, -0.15) is 0 Å². The second-order valence-electron chi connectivity index (χ2n) is 5.82. The first-order valence-electron chi connectivity index (χ1n) is 7.47. The van der Waals surface area contributed by atoms with Crippen molar-refractivity contribution in [2.75, 3.05) is 6.61 Å². The summed E-state index contributed by atoms with van der Waals surface area (Å²) in [4.78, 5) is 11.4. The standard InChI is InChI=1S/C16H23NO6/c1-8-4-5-11(9(2)6-8)22-16-13(17-10(3)19)15(21)14(20)12(7-18)23-16/h4-6,12-16,18,20-21H,7H2,1-3H3,(H,17,19)/t12-,13-,14-,15-,16-/m1/s1. The molecule has 0 radical (unpaired) electrons. The van der Waals surface area contributed by atoms with E-state index >= 15 is 0 Å². The molecule has 0 spiro atoms. The highest BCUT2D eigenvalue weighted by molar-refractivity contribution is 5.73. The Hall–Kier alpha value is -1.67. The normalized spacial score (nSPS) is 30.8. The first kappa shape index (κ1) is 17.7. The van der Waals surface area contributed by atoms with Gasteiger partial charge in [0.15, 0.2) is 0 Å². The highest BCUT2D eigenvalue weighted by Crippen LogP contribution is 2.26. The molecule has 1 aliphatic heterocycles. The van der Waals surface area contributed by atoms with Gasteiger partial charge in [0.2, 0.25) is 12.2 Å². The molecule has 7 heteroatoms. The number of carbonyl (C=O) groups excluding carboxylic acids is 1. The average Bonchev–Trinajstić information content (AvgIpc) is 2.48. The van der Waals surface area contributed by atoms with Crippen LogP contribution in [0.15, 0.2) is 18.2 Å². The van der Waals surface area contributed by atoms with Crippen LogP contribution in [-0.4, -0.2) is 58.5 Å². The van der Waals surface area contributed by atoms with Crippen molar-refractivity contribution in [3.05, 3.63) is 29.3 Å². The number of aliphatic hydroxyl groups excluding tert-OH is 3. The van der Waals surface area contributed by atoms with Gasteiger partial charge in [-0.05, 0) is 25.5 Å². The first-order valence-corrected chi connectivity index (χ1v) is 7.47. The van der Waals surface area contributed by atoms with Crippen molar-refractivity contribution in [1.82, 2.24) is 5.32 Å². The summed E-state index contributed by atoms with van der Waals surface area (Å²) in [6.45, 7) is 4.65. The number of carbonyl (C=O) groups is 1. The fourth-order valence-electron chi connectivity index (χ4n) is 2.63. The predicted molar refractivity (Wildman–Crippen MR) is 81.9 cm³/mol. The van der Waals surface area contributed by atoms with Crippen LogP contribution < -0.4 is 10.1 Å². The van der Waals surface area contributed by atoms with E-state index in [2.05, 4.69) is 5.32 Å². The zero-order chi connectivity index (χ0) is 17.1. The van der Waals surface area contributed by atoms with Crippen LogP contribution >= 0.6 is 0 Å². The lowest BCUT2D eigenvalue weighted by Gasteiger charge is -2.42. The lowest BCUT2D eigenvalue weighted by atomic mass is 9.97. The van der Waals surface area contributed by atoms with Crippen molar-refractivity contribution in [2.24, 2.45) is 0 Å². The third kappa shape index (κ3) is 4.00. The molecule has 1 aromatic rings. The van der Waals surface area contributed by atoms with E-state index in [4.69, 9.17) is 9.47 Å². The number of ether oxygens (including phenoxy) is 2. The van der Waals surface area contributed by atoms with Crippen molar-refractivity contribution < 1.29 is 29.6 Å². The molecule has 0 saturated carbocycles. The van der Waals surface area contributed by atoms with Crippen molar-refractivity contribution in [3.8, 4) is 5.75 Å². The van der Waals surface area contributed by atoms with Gasteiger partial charge < -0.3 is 30.1 Å². The Balaban J connectivity index is 2.25. The van der Waals surface area contributed by atoms with E-state index in [0.717, 1.165) is 11.1 Å². The van der Waals surface area contributed by atoms with Crippen LogP contribution in [-0.2, 0) is 9.53 Å². The molecule has 2 rings (SSSR count). The van der Waals surface area contributed by atoms with Gasteiger partial charge >= 0.3 is 0 Å². The molecule has 1 aromatic carbocycles. The summed E-state index contributed by atoms with van der Waals surface area (Å²) in [5.74, 6) is 0.151. The summed E-state index contributed by atoms with van der Waals surface area (Å²) in [6.07, 6.45) is -4.67. The number of amides is 1. The molecular weight excluding hydrogens is 302 g/mol. The van der Waals surface area contributed by atoms with Crippen molar-refractivity contribution in [3.63, 3.8) is 0 Å². The van der Waals surface area contributed by atoms with Gasteiger partial charge in [0, 0.05) is 6.92 Å². The Labute approximate surface area is 134 Å². The quantitative estimate of drug-likeness (QED) is 0.601. The van der Waals surface area contributed by atoms with Gasteiger partial charge in [-0.25, -0.2) is 0 Å². The number of benzene rings is 1. The number of hydrogen-bond acceptors (Lipinski definition) is 6. The van der Waals surface area contributed by atoms with Gasteiger partial charge in [-0.1, -0.05) is 17.7 Å². The molecule has 1 aliphatic rings. The number of nitrogens with one attached hydrogen (secondary N) is 1. The summed E-state index contributed by atoms with van der Waals surface area (Å²) < 4.78 is 11.3. The smallest absolute Gasteiger partial charge is 0.223 e. The molecule has 1 amide bonds. The van der Waals surface area contributed by atoms with Crippen molar-refractivity contribution in [1.29, 1.82) is 0 Å². The van der Waals surface area contributed by atoms with E-state index in [1.807, 2.05) is 26.0 Å². The van der Waals surface area contributed by atoms with E-state index in [0.29, 0.717) is 5.75 Å². The Kier molecular flexibility index (Phi) is 5.59.